The minimum atomic E-state index is -3.76. The van der Waals surface area contributed by atoms with E-state index in [1.54, 1.807) is 26.0 Å². The highest BCUT2D eigenvalue weighted by Crippen LogP contribution is 2.21. The monoisotopic (exact) mass is 277 g/mol. The van der Waals surface area contributed by atoms with E-state index in [1.807, 2.05) is 12.1 Å². The maximum atomic E-state index is 12.5. The quantitative estimate of drug-likeness (QED) is 0.822. The lowest BCUT2D eigenvalue weighted by atomic mass is 10.2. The first-order valence-corrected chi connectivity index (χ1v) is 7.27. The van der Waals surface area contributed by atoms with Gasteiger partial charge in [0, 0.05) is 19.0 Å². The van der Waals surface area contributed by atoms with Crippen molar-refractivity contribution in [2.45, 2.75) is 31.2 Å². The lowest BCUT2D eigenvalue weighted by Crippen LogP contribution is -2.37. The van der Waals surface area contributed by atoms with Crippen LogP contribution in [0.25, 0.3) is 0 Å². The van der Waals surface area contributed by atoms with Crippen molar-refractivity contribution in [1.29, 1.82) is 10.5 Å². The highest BCUT2D eigenvalue weighted by Gasteiger charge is 2.28. The second kappa shape index (κ2) is 6.33. The van der Waals surface area contributed by atoms with E-state index in [1.165, 1.54) is 16.4 Å². The number of rotatable bonds is 5. The molecule has 0 saturated carbocycles. The Bertz CT molecular complexity index is 624. The SMILES string of the molecule is CC(C)N(CCC#N)S(=O)(=O)c1ccccc1C#N. The first-order chi connectivity index (χ1) is 8.95. The predicted molar refractivity (Wildman–Crippen MR) is 70.4 cm³/mol. The van der Waals surface area contributed by atoms with E-state index in [2.05, 4.69) is 0 Å². The molecule has 0 saturated heterocycles. The van der Waals surface area contributed by atoms with Crippen LogP contribution in [0.2, 0.25) is 0 Å². The standard InChI is InChI=1S/C13H15N3O2S/c1-11(2)16(9-5-8-14)19(17,18)13-7-4-3-6-12(13)10-15/h3-4,6-7,11H,5,9H2,1-2H3. The fourth-order valence-corrected chi connectivity index (χ4v) is 3.51. The Morgan fingerprint density at radius 1 is 1.26 bits per heavy atom. The fraction of sp³-hybridized carbons (Fsp3) is 0.385. The molecule has 0 atom stereocenters. The molecule has 0 spiro atoms. The molecule has 0 aromatic heterocycles. The second-order valence-electron chi connectivity index (χ2n) is 4.23. The molecule has 6 heteroatoms. The van der Waals surface area contributed by atoms with Crippen molar-refractivity contribution in [3.05, 3.63) is 29.8 Å². The Kier molecular flexibility index (Phi) is 5.05. The smallest absolute Gasteiger partial charge is 0.207 e. The van der Waals surface area contributed by atoms with Crippen LogP contribution in [-0.2, 0) is 10.0 Å². The van der Waals surface area contributed by atoms with Crippen LogP contribution in [0.1, 0.15) is 25.8 Å². The van der Waals surface area contributed by atoms with Crippen molar-refractivity contribution in [2.75, 3.05) is 6.54 Å². The Morgan fingerprint density at radius 2 is 1.89 bits per heavy atom. The van der Waals surface area contributed by atoms with Crippen molar-refractivity contribution in [3.8, 4) is 12.1 Å². The van der Waals surface area contributed by atoms with E-state index < -0.39 is 10.0 Å². The summed E-state index contributed by atoms with van der Waals surface area (Å²) in [5.74, 6) is 0. The van der Waals surface area contributed by atoms with E-state index in [-0.39, 0.29) is 29.5 Å². The summed E-state index contributed by atoms with van der Waals surface area (Å²) >= 11 is 0. The van der Waals surface area contributed by atoms with Crippen LogP contribution >= 0.6 is 0 Å². The number of nitrogens with zero attached hydrogens (tertiary/aromatic N) is 3. The number of hydrogen-bond donors (Lipinski definition) is 0. The van der Waals surface area contributed by atoms with Gasteiger partial charge >= 0.3 is 0 Å². The van der Waals surface area contributed by atoms with Gasteiger partial charge in [0.2, 0.25) is 10.0 Å². The highest BCUT2D eigenvalue weighted by molar-refractivity contribution is 7.89. The molecule has 0 bridgehead atoms. The van der Waals surface area contributed by atoms with Crippen molar-refractivity contribution in [3.63, 3.8) is 0 Å². The average molecular weight is 277 g/mol. The third-order valence-corrected chi connectivity index (χ3v) is 4.75. The largest absolute Gasteiger partial charge is 0.244 e. The molecule has 1 aromatic carbocycles. The van der Waals surface area contributed by atoms with E-state index in [9.17, 15) is 8.42 Å². The Morgan fingerprint density at radius 3 is 2.42 bits per heavy atom. The zero-order chi connectivity index (χ0) is 14.5. The summed E-state index contributed by atoms with van der Waals surface area (Å²) in [6, 6.07) is 9.62. The van der Waals surface area contributed by atoms with Crippen LogP contribution in [0, 0.1) is 22.7 Å². The molecule has 0 fully saturated rings. The van der Waals surface area contributed by atoms with Gasteiger partial charge in [0.1, 0.15) is 6.07 Å². The number of benzene rings is 1. The van der Waals surface area contributed by atoms with Gasteiger partial charge in [-0.25, -0.2) is 8.42 Å². The van der Waals surface area contributed by atoms with E-state index in [0.717, 1.165) is 0 Å². The predicted octanol–water partition coefficient (Wildman–Crippen LogP) is 1.87. The van der Waals surface area contributed by atoms with Gasteiger partial charge in [0.05, 0.1) is 16.5 Å². The molecule has 0 aliphatic carbocycles. The Labute approximate surface area is 113 Å². The molecule has 1 aromatic rings. The average Bonchev–Trinajstić information content (AvgIpc) is 2.38. The van der Waals surface area contributed by atoms with Gasteiger partial charge in [0.25, 0.3) is 0 Å². The van der Waals surface area contributed by atoms with Gasteiger partial charge in [0.15, 0.2) is 0 Å². The molecule has 0 heterocycles. The van der Waals surface area contributed by atoms with Crippen molar-refractivity contribution >= 4 is 10.0 Å². The summed E-state index contributed by atoms with van der Waals surface area (Å²) in [5, 5.41) is 17.6. The zero-order valence-electron chi connectivity index (χ0n) is 10.9. The first kappa shape index (κ1) is 15.2. The lowest BCUT2D eigenvalue weighted by Gasteiger charge is -2.25. The van der Waals surface area contributed by atoms with Crippen LogP contribution in [0.15, 0.2) is 29.2 Å². The van der Waals surface area contributed by atoms with Crippen molar-refractivity contribution in [2.24, 2.45) is 0 Å². The minimum absolute atomic E-state index is 0.0101. The topological polar surface area (TPSA) is 85.0 Å². The Hall–Kier alpha value is -1.89. The van der Waals surface area contributed by atoms with Crippen LogP contribution in [0.3, 0.4) is 0 Å². The summed E-state index contributed by atoms with van der Waals surface area (Å²) in [6.45, 7) is 3.60. The summed E-state index contributed by atoms with van der Waals surface area (Å²) in [5.41, 5.74) is 0.116. The molecular formula is C13H15N3O2S. The van der Waals surface area contributed by atoms with Gasteiger partial charge in [-0.05, 0) is 26.0 Å². The van der Waals surface area contributed by atoms with E-state index in [0.29, 0.717) is 0 Å². The molecule has 0 aliphatic rings. The molecule has 0 aliphatic heterocycles. The molecule has 100 valence electrons. The van der Waals surface area contributed by atoms with Crippen molar-refractivity contribution < 1.29 is 8.42 Å². The van der Waals surface area contributed by atoms with Crippen LogP contribution in [0.5, 0.6) is 0 Å². The zero-order valence-corrected chi connectivity index (χ0v) is 11.7. The lowest BCUT2D eigenvalue weighted by molar-refractivity contribution is 0.360. The summed E-state index contributed by atoms with van der Waals surface area (Å²) < 4.78 is 26.3. The molecular weight excluding hydrogens is 262 g/mol. The minimum Gasteiger partial charge on any atom is -0.207 e. The number of sulfonamides is 1. The van der Waals surface area contributed by atoms with Crippen LogP contribution in [-0.4, -0.2) is 25.3 Å². The summed E-state index contributed by atoms with van der Waals surface area (Å²) in [7, 11) is -3.76. The Balaban J connectivity index is 3.29. The molecule has 0 amide bonds. The van der Waals surface area contributed by atoms with E-state index in [4.69, 9.17) is 10.5 Å². The van der Waals surface area contributed by atoms with Gasteiger partial charge in [-0.15, -0.1) is 0 Å². The molecule has 0 radical (unpaired) electrons. The molecule has 1 rings (SSSR count). The van der Waals surface area contributed by atoms with E-state index >= 15 is 0 Å². The molecule has 0 N–H and O–H groups in total. The molecule has 0 unspecified atom stereocenters. The summed E-state index contributed by atoms with van der Waals surface area (Å²) in [6.07, 6.45) is 0.117. The van der Waals surface area contributed by atoms with Crippen LogP contribution < -0.4 is 0 Å². The highest BCUT2D eigenvalue weighted by atomic mass is 32.2. The third kappa shape index (κ3) is 3.31. The normalized spacial score (nSPS) is 11.3. The second-order valence-corrected chi connectivity index (χ2v) is 6.08. The molecule has 19 heavy (non-hydrogen) atoms. The maximum Gasteiger partial charge on any atom is 0.244 e. The van der Waals surface area contributed by atoms with Gasteiger partial charge in [-0.2, -0.15) is 14.8 Å². The van der Waals surface area contributed by atoms with Gasteiger partial charge in [-0.1, -0.05) is 12.1 Å². The number of hydrogen-bond acceptors (Lipinski definition) is 4. The first-order valence-electron chi connectivity index (χ1n) is 5.83. The third-order valence-electron chi connectivity index (χ3n) is 2.61. The number of nitriles is 2. The van der Waals surface area contributed by atoms with Gasteiger partial charge in [-0.3, -0.25) is 0 Å². The summed E-state index contributed by atoms with van der Waals surface area (Å²) in [4.78, 5) is -0.0101. The molecule has 5 nitrogen and oxygen atoms in total. The van der Waals surface area contributed by atoms with Crippen molar-refractivity contribution in [1.82, 2.24) is 4.31 Å². The van der Waals surface area contributed by atoms with Gasteiger partial charge < -0.3 is 0 Å². The fourth-order valence-electron chi connectivity index (χ4n) is 1.73. The maximum absolute atomic E-state index is 12.5. The van der Waals surface area contributed by atoms with Crippen LogP contribution in [0.4, 0.5) is 0 Å².